The van der Waals surface area contributed by atoms with Gasteiger partial charge in [-0.05, 0) is 80.4 Å². The van der Waals surface area contributed by atoms with Crippen LogP contribution >= 0.6 is 0 Å². The van der Waals surface area contributed by atoms with Gasteiger partial charge in [-0.25, -0.2) is 0 Å². The predicted octanol–water partition coefficient (Wildman–Crippen LogP) is 5.75. The van der Waals surface area contributed by atoms with Crippen LogP contribution in [0, 0.1) is 13.8 Å². The highest BCUT2D eigenvalue weighted by Crippen LogP contribution is 2.32. The van der Waals surface area contributed by atoms with Crippen LogP contribution in [0.25, 0.3) is 22.5 Å². The normalized spacial score (nSPS) is 15.4. The molecule has 1 fully saturated rings. The second-order valence-corrected chi connectivity index (χ2v) is 9.65. The molecule has 5 rings (SSSR count). The van der Waals surface area contributed by atoms with E-state index in [2.05, 4.69) is 27.4 Å². The summed E-state index contributed by atoms with van der Waals surface area (Å²) in [5.41, 5.74) is 5.29. The number of nitrogens with zero attached hydrogens (tertiary/aromatic N) is 3. The number of carbonyl (C=O) groups is 1. The Hall–Kier alpha value is -4.17. The van der Waals surface area contributed by atoms with E-state index in [1.807, 2.05) is 67.6 Å². The van der Waals surface area contributed by atoms with E-state index in [9.17, 15) is 4.79 Å². The van der Waals surface area contributed by atoms with Crippen LogP contribution in [0.3, 0.4) is 0 Å². The number of methoxy groups -OCH3 is 1. The Morgan fingerprint density at radius 3 is 2.50 bits per heavy atom. The van der Waals surface area contributed by atoms with Crippen molar-refractivity contribution in [1.82, 2.24) is 15.0 Å². The maximum absolute atomic E-state index is 13.0. The minimum absolute atomic E-state index is 0.192. The SMILES string of the molecule is COc1ccc(NC(=O)c2ccc(-c3ccc(-c4noc(C)n4)cc3C)cc2)cc1OCC1CCCN1C. The first-order valence-corrected chi connectivity index (χ1v) is 12.8. The number of hydrogen-bond donors (Lipinski definition) is 1. The van der Waals surface area contributed by atoms with Crippen LogP contribution in [0.4, 0.5) is 5.69 Å². The van der Waals surface area contributed by atoms with E-state index < -0.39 is 0 Å². The molecule has 1 aromatic heterocycles. The minimum atomic E-state index is -0.192. The van der Waals surface area contributed by atoms with Gasteiger partial charge in [0, 0.05) is 35.8 Å². The first-order chi connectivity index (χ1) is 18.4. The number of carbonyl (C=O) groups excluding carboxylic acids is 1. The Balaban J connectivity index is 1.27. The van der Waals surface area contributed by atoms with Crippen molar-refractivity contribution in [3.63, 3.8) is 0 Å². The molecule has 1 N–H and O–H groups in total. The van der Waals surface area contributed by atoms with Crippen LogP contribution in [0.15, 0.2) is 65.2 Å². The molecule has 1 aliphatic heterocycles. The van der Waals surface area contributed by atoms with Crippen molar-refractivity contribution >= 4 is 11.6 Å². The highest BCUT2D eigenvalue weighted by molar-refractivity contribution is 6.04. The molecule has 4 aromatic rings. The molecule has 38 heavy (non-hydrogen) atoms. The molecule has 0 spiro atoms. The van der Waals surface area contributed by atoms with Crippen molar-refractivity contribution in [3.8, 4) is 34.0 Å². The minimum Gasteiger partial charge on any atom is -0.493 e. The number of likely N-dealkylation sites (N-methyl/N-ethyl adjacent to an activating group) is 1. The molecular weight excluding hydrogens is 480 g/mol. The lowest BCUT2D eigenvalue weighted by molar-refractivity contribution is 0.102. The average molecular weight is 513 g/mol. The summed E-state index contributed by atoms with van der Waals surface area (Å²) in [6.45, 7) is 5.49. The van der Waals surface area contributed by atoms with Crippen molar-refractivity contribution in [2.45, 2.75) is 32.7 Å². The fraction of sp³-hybridized carbons (Fsp3) is 0.300. The number of anilines is 1. The molecule has 1 aliphatic rings. The van der Waals surface area contributed by atoms with Gasteiger partial charge in [-0.2, -0.15) is 4.98 Å². The number of benzene rings is 3. The number of rotatable bonds is 8. The van der Waals surface area contributed by atoms with E-state index in [-0.39, 0.29) is 5.91 Å². The lowest BCUT2D eigenvalue weighted by Crippen LogP contribution is -2.30. The molecular formula is C30H32N4O4. The fourth-order valence-corrected chi connectivity index (χ4v) is 4.79. The zero-order chi connectivity index (χ0) is 26.6. The van der Waals surface area contributed by atoms with E-state index in [1.165, 1.54) is 6.42 Å². The Labute approximate surface area is 222 Å². The molecule has 3 aromatic carbocycles. The zero-order valence-electron chi connectivity index (χ0n) is 22.2. The number of amides is 1. The summed E-state index contributed by atoms with van der Waals surface area (Å²) in [4.78, 5) is 19.6. The lowest BCUT2D eigenvalue weighted by atomic mass is 9.97. The number of ether oxygens (including phenoxy) is 2. The molecule has 1 saturated heterocycles. The van der Waals surface area contributed by atoms with Gasteiger partial charge in [0.1, 0.15) is 6.61 Å². The van der Waals surface area contributed by atoms with Gasteiger partial charge in [0.2, 0.25) is 11.7 Å². The molecule has 8 heteroatoms. The summed E-state index contributed by atoms with van der Waals surface area (Å²) in [7, 11) is 3.73. The van der Waals surface area contributed by atoms with E-state index in [0.29, 0.717) is 47.1 Å². The van der Waals surface area contributed by atoms with Crippen LogP contribution in [0.1, 0.15) is 34.7 Å². The Morgan fingerprint density at radius 1 is 1.05 bits per heavy atom. The number of aromatic nitrogens is 2. The van der Waals surface area contributed by atoms with Crippen molar-refractivity contribution < 1.29 is 18.8 Å². The standard InChI is InChI=1S/C30H32N4O4/c1-19-16-23(29-31-20(2)38-33-29)11-13-26(19)21-7-9-22(10-8-21)30(35)32-24-12-14-27(36-4)28(17-24)37-18-25-6-5-15-34(25)3/h7-14,16-17,25H,5-6,15,18H2,1-4H3,(H,32,35). The van der Waals surface area contributed by atoms with Crippen molar-refractivity contribution in [3.05, 3.63) is 77.7 Å². The largest absolute Gasteiger partial charge is 0.493 e. The molecule has 1 amide bonds. The Morgan fingerprint density at radius 2 is 1.84 bits per heavy atom. The monoisotopic (exact) mass is 512 g/mol. The van der Waals surface area contributed by atoms with Gasteiger partial charge in [0.15, 0.2) is 11.5 Å². The van der Waals surface area contributed by atoms with Crippen molar-refractivity contribution in [2.24, 2.45) is 0 Å². The van der Waals surface area contributed by atoms with Crippen LogP contribution in [0.5, 0.6) is 11.5 Å². The van der Waals surface area contributed by atoms with Crippen molar-refractivity contribution in [1.29, 1.82) is 0 Å². The summed E-state index contributed by atoms with van der Waals surface area (Å²) >= 11 is 0. The van der Waals surface area contributed by atoms with Gasteiger partial charge in [-0.1, -0.05) is 29.4 Å². The molecule has 2 heterocycles. The maximum atomic E-state index is 13.0. The molecule has 1 atom stereocenters. The van der Waals surface area contributed by atoms with Gasteiger partial charge >= 0.3 is 0 Å². The molecule has 0 saturated carbocycles. The van der Waals surface area contributed by atoms with Gasteiger partial charge in [0.05, 0.1) is 7.11 Å². The number of aryl methyl sites for hydroxylation is 2. The third-order valence-electron chi connectivity index (χ3n) is 6.99. The highest BCUT2D eigenvalue weighted by atomic mass is 16.5. The lowest BCUT2D eigenvalue weighted by Gasteiger charge is -2.21. The summed E-state index contributed by atoms with van der Waals surface area (Å²) in [6.07, 6.45) is 2.30. The average Bonchev–Trinajstić information content (AvgIpc) is 3.55. The van der Waals surface area contributed by atoms with Crippen molar-refractivity contribution in [2.75, 3.05) is 32.6 Å². The fourth-order valence-electron chi connectivity index (χ4n) is 4.79. The Bertz CT molecular complexity index is 1430. The number of likely N-dealkylation sites (tertiary alicyclic amines) is 1. The summed E-state index contributed by atoms with van der Waals surface area (Å²) < 4.78 is 16.7. The van der Waals surface area contributed by atoms with E-state index in [4.69, 9.17) is 14.0 Å². The number of nitrogens with one attached hydrogen (secondary N) is 1. The third-order valence-corrected chi connectivity index (χ3v) is 6.99. The molecule has 8 nitrogen and oxygen atoms in total. The van der Waals surface area contributed by atoms with Crippen LogP contribution in [-0.4, -0.2) is 54.3 Å². The van der Waals surface area contributed by atoms with Gasteiger partial charge in [-0.15, -0.1) is 0 Å². The molecule has 0 aliphatic carbocycles. The first-order valence-electron chi connectivity index (χ1n) is 12.8. The first kappa shape index (κ1) is 25.5. The quantitative estimate of drug-likeness (QED) is 0.321. The topological polar surface area (TPSA) is 89.7 Å². The summed E-state index contributed by atoms with van der Waals surface area (Å²) in [5.74, 6) is 2.18. The summed E-state index contributed by atoms with van der Waals surface area (Å²) in [5, 5.41) is 6.97. The molecule has 0 bridgehead atoms. The second kappa shape index (κ2) is 11.1. The van der Waals surface area contributed by atoms with Gasteiger partial charge in [0.25, 0.3) is 5.91 Å². The van der Waals surface area contributed by atoms with Crippen LogP contribution < -0.4 is 14.8 Å². The van der Waals surface area contributed by atoms with E-state index >= 15 is 0 Å². The van der Waals surface area contributed by atoms with Crippen LogP contribution in [0.2, 0.25) is 0 Å². The van der Waals surface area contributed by atoms with E-state index in [1.54, 1.807) is 14.0 Å². The van der Waals surface area contributed by atoms with Gasteiger partial charge in [-0.3, -0.25) is 4.79 Å². The third kappa shape index (κ3) is 5.55. The smallest absolute Gasteiger partial charge is 0.255 e. The Kier molecular flexibility index (Phi) is 7.42. The zero-order valence-corrected chi connectivity index (χ0v) is 22.2. The highest BCUT2D eigenvalue weighted by Gasteiger charge is 2.22. The number of hydrogen-bond acceptors (Lipinski definition) is 7. The van der Waals surface area contributed by atoms with Crippen LogP contribution in [-0.2, 0) is 0 Å². The molecule has 1 unspecified atom stereocenters. The van der Waals surface area contributed by atoms with Gasteiger partial charge < -0.3 is 24.2 Å². The summed E-state index contributed by atoms with van der Waals surface area (Å²) in [6, 6.07) is 19.4. The van der Waals surface area contributed by atoms with E-state index in [0.717, 1.165) is 35.2 Å². The predicted molar refractivity (Wildman–Crippen MR) is 147 cm³/mol. The maximum Gasteiger partial charge on any atom is 0.255 e. The molecule has 0 radical (unpaired) electrons. The second-order valence-electron chi connectivity index (χ2n) is 9.65. The molecule has 196 valence electrons.